The van der Waals surface area contributed by atoms with Gasteiger partial charge in [-0.1, -0.05) is 17.7 Å². The zero-order chi connectivity index (χ0) is 19.2. The lowest BCUT2D eigenvalue weighted by Crippen LogP contribution is -2.14. The Balaban J connectivity index is 1.66. The summed E-state index contributed by atoms with van der Waals surface area (Å²) in [6.07, 6.45) is 1.72. The zero-order valence-corrected chi connectivity index (χ0v) is 16.6. The second-order valence-corrected chi connectivity index (χ2v) is 6.98. The second-order valence-electron chi connectivity index (χ2n) is 5.72. The third kappa shape index (κ3) is 5.07. The number of hydrogen-bond acceptors (Lipinski definition) is 4. The molecule has 0 saturated heterocycles. The maximum absolute atomic E-state index is 12.5. The Bertz CT molecular complexity index is 934. The molecule has 0 aliphatic rings. The molecule has 0 radical (unpaired) electrons. The smallest absolute Gasteiger partial charge is 0.255 e. The molecule has 1 aromatic heterocycles. The first-order valence-electron chi connectivity index (χ1n) is 8.19. The molecule has 0 unspecified atom stereocenters. The molecule has 27 heavy (non-hydrogen) atoms. The van der Waals surface area contributed by atoms with E-state index in [1.165, 1.54) is 0 Å². The van der Waals surface area contributed by atoms with Gasteiger partial charge in [0.15, 0.2) is 0 Å². The van der Waals surface area contributed by atoms with Gasteiger partial charge in [-0.05, 0) is 70.0 Å². The second kappa shape index (κ2) is 8.99. The quantitative estimate of drug-likeness (QED) is 0.571. The van der Waals surface area contributed by atoms with Gasteiger partial charge in [0.25, 0.3) is 5.91 Å². The highest BCUT2D eigenvalue weighted by atomic mass is 79.9. The van der Waals surface area contributed by atoms with Crippen molar-refractivity contribution in [3.8, 4) is 5.75 Å². The highest BCUT2D eigenvalue weighted by Crippen LogP contribution is 2.29. The molecule has 0 spiro atoms. The number of aromatic nitrogens is 1. The number of rotatable bonds is 6. The molecule has 2 aromatic carbocycles. The average molecular weight is 447 g/mol. The molecule has 5 nitrogen and oxygen atoms in total. The number of nitrogens with two attached hydrogens (primary N) is 1. The van der Waals surface area contributed by atoms with Gasteiger partial charge in [0.1, 0.15) is 12.4 Å². The molecule has 0 atom stereocenters. The Morgan fingerprint density at radius 1 is 1.19 bits per heavy atom. The monoisotopic (exact) mass is 445 g/mol. The van der Waals surface area contributed by atoms with Crippen LogP contribution in [0.3, 0.4) is 0 Å². The molecule has 0 saturated carbocycles. The van der Waals surface area contributed by atoms with Crippen molar-refractivity contribution >= 4 is 39.1 Å². The van der Waals surface area contributed by atoms with E-state index in [0.29, 0.717) is 33.1 Å². The fraction of sp³-hybridized carbons (Fsp3) is 0.100. The summed E-state index contributed by atoms with van der Waals surface area (Å²) in [5.74, 6) is 0.421. The summed E-state index contributed by atoms with van der Waals surface area (Å²) in [5, 5.41) is 3.41. The van der Waals surface area contributed by atoms with Crippen molar-refractivity contribution in [2.45, 2.75) is 13.2 Å². The SMILES string of the molecule is NCc1cc(Cl)c(Br)cc1NC(=O)c1ccc(OCc2ccccn2)cc1. The van der Waals surface area contributed by atoms with Crippen LogP contribution in [0.4, 0.5) is 5.69 Å². The van der Waals surface area contributed by atoms with Gasteiger partial charge < -0.3 is 15.8 Å². The number of carbonyl (C=O) groups is 1. The number of hydrogen-bond donors (Lipinski definition) is 2. The lowest BCUT2D eigenvalue weighted by Gasteiger charge is -2.12. The Kier molecular flexibility index (Phi) is 6.45. The van der Waals surface area contributed by atoms with E-state index in [9.17, 15) is 4.79 Å². The van der Waals surface area contributed by atoms with Crippen molar-refractivity contribution < 1.29 is 9.53 Å². The number of benzene rings is 2. The minimum atomic E-state index is -0.241. The van der Waals surface area contributed by atoms with Gasteiger partial charge in [-0.3, -0.25) is 9.78 Å². The minimum absolute atomic E-state index is 0.241. The fourth-order valence-corrected chi connectivity index (χ4v) is 2.94. The van der Waals surface area contributed by atoms with Crippen molar-refractivity contribution in [1.82, 2.24) is 4.98 Å². The van der Waals surface area contributed by atoms with Crippen molar-refractivity contribution in [3.05, 3.63) is 87.1 Å². The topological polar surface area (TPSA) is 77.2 Å². The maximum atomic E-state index is 12.5. The van der Waals surface area contributed by atoms with Gasteiger partial charge in [0.2, 0.25) is 0 Å². The highest BCUT2D eigenvalue weighted by molar-refractivity contribution is 9.10. The molecule has 1 heterocycles. The van der Waals surface area contributed by atoms with Crippen LogP contribution in [0.1, 0.15) is 21.6 Å². The molecule has 0 aliphatic heterocycles. The number of ether oxygens (including phenoxy) is 1. The lowest BCUT2D eigenvalue weighted by molar-refractivity contribution is 0.102. The van der Waals surface area contributed by atoms with Crippen molar-refractivity contribution in [3.63, 3.8) is 0 Å². The highest BCUT2D eigenvalue weighted by Gasteiger charge is 2.11. The average Bonchev–Trinajstić information content (AvgIpc) is 2.70. The van der Waals surface area contributed by atoms with E-state index in [0.717, 1.165) is 11.3 Å². The number of carbonyl (C=O) groups excluding carboxylic acids is 1. The Labute approximate surface area is 170 Å². The summed E-state index contributed by atoms with van der Waals surface area (Å²) < 4.78 is 6.37. The van der Waals surface area contributed by atoms with Gasteiger partial charge >= 0.3 is 0 Å². The molecule has 3 N–H and O–H groups in total. The fourth-order valence-electron chi connectivity index (χ4n) is 2.41. The number of nitrogens with zero attached hydrogens (tertiary/aromatic N) is 1. The lowest BCUT2D eigenvalue weighted by atomic mass is 10.1. The first kappa shape index (κ1) is 19.4. The molecule has 0 bridgehead atoms. The third-order valence-electron chi connectivity index (χ3n) is 3.84. The summed E-state index contributed by atoms with van der Waals surface area (Å²) in [6, 6.07) is 16.0. The predicted octanol–water partition coefficient (Wildman–Crippen LogP) is 4.79. The largest absolute Gasteiger partial charge is 0.487 e. The molecule has 7 heteroatoms. The van der Waals surface area contributed by atoms with E-state index in [-0.39, 0.29) is 12.5 Å². The van der Waals surface area contributed by atoms with Crippen LogP contribution < -0.4 is 15.8 Å². The molecule has 138 valence electrons. The van der Waals surface area contributed by atoms with Crippen molar-refractivity contribution in [1.29, 1.82) is 0 Å². The predicted molar refractivity (Wildman–Crippen MR) is 110 cm³/mol. The minimum Gasteiger partial charge on any atom is -0.487 e. The van der Waals surface area contributed by atoms with E-state index >= 15 is 0 Å². The Hall–Kier alpha value is -2.41. The van der Waals surface area contributed by atoms with E-state index < -0.39 is 0 Å². The number of nitrogens with one attached hydrogen (secondary N) is 1. The van der Waals surface area contributed by atoms with E-state index in [4.69, 9.17) is 22.1 Å². The van der Waals surface area contributed by atoms with Gasteiger partial charge in [0.05, 0.1) is 10.7 Å². The summed E-state index contributed by atoms with van der Waals surface area (Å²) >= 11 is 9.43. The van der Waals surface area contributed by atoms with Gasteiger partial charge in [0, 0.05) is 28.5 Å². The normalized spacial score (nSPS) is 10.5. The van der Waals surface area contributed by atoms with Crippen LogP contribution in [-0.2, 0) is 13.2 Å². The van der Waals surface area contributed by atoms with E-state index in [1.54, 1.807) is 42.6 Å². The first-order valence-corrected chi connectivity index (χ1v) is 9.36. The van der Waals surface area contributed by atoms with Crippen molar-refractivity contribution in [2.75, 3.05) is 5.32 Å². The Morgan fingerprint density at radius 3 is 2.63 bits per heavy atom. The van der Waals surface area contributed by atoms with Crippen LogP contribution in [-0.4, -0.2) is 10.9 Å². The van der Waals surface area contributed by atoms with Gasteiger partial charge in [-0.15, -0.1) is 0 Å². The summed E-state index contributed by atoms with van der Waals surface area (Å²) in [4.78, 5) is 16.7. The Morgan fingerprint density at radius 2 is 1.96 bits per heavy atom. The third-order valence-corrected chi connectivity index (χ3v) is 5.04. The van der Waals surface area contributed by atoms with Crippen LogP contribution in [0, 0.1) is 0 Å². The summed E-state index contributed by atoms with van der Waals surface area (Å²) in [6.45, 7) is 0.633. The maximum Gasteiger partial charge on any atom is 0.255 e. The summed E-state index contributed by atoms with van der Waals surface area (Å²) in [5.41, 5.74) is 8.46. The van der Waals surface area contributed by atoms with Crippen LogP contribution in [0.25, 0.3) is 0 Å². The number of halogens is 2. The molecular formula is C20H17BrClN3O2. The van der Waals surface area contributed by atoms with Gasteiger partial charge in [-0.25, -0.2) is 0 Å². The van der Waals surface area contributed by atoms with E-state index in [2.05, 4.69) is 26.2 Å². The standard InChI is InChI=1S/C20H17BrClN3O2/c21-17-10-19(14(11-23)9-18(17)22)25-20(26)13-4-6-16(7-5-13)27-12-15-3-1-2-8-24-15/h1-10H,11-12,23H2,(H,25,26). The van der Waals surface area contributed by atoms with E-state index in [1.807, 2.05) is 18.2 Å². The molecule has 1 amide bonds. The molecule has 0 aliphatic carbocycles. The van der Waals surface area contributed by atoms with Crippen LogP contribution in [0.5, 0.6) is 5.75 Å². The molecule has 3 rings (SSSR count). The molecule has 3 aromatic rings. The van der Waals surface area contributed by atoms with Crippen LogP contribution >= 0.6 is 27.5 Å². The number of pyridine rings is 1. The molecule has 0 fully saturated rings. The summed E-state index contributed by atoms with van der Waals surface area (Å²) in [7, 11) is 0. The number of anilines is 1. The van der Waals surface area contributed by atoms with Gasteiger partial charge in [-0.2, -0.15) is 0 Å². The molecular weight excluding hydrogens is 430 g/mol. The van der Waals surface area contributed by atoms with Crippen LogP contribution in [0.2, 0.25) is 5.02 Å². The first-order chi connectivity index (χ1) is 13.1. The number of amides is 1. The van der Waals surface area contributed by atoms with Crippen molar-refractivity contribution in [2.24, 2.45) is 5.73 Å². The zero-order valence-electron chi connectivity index (χ0n) is 14.3. The van der Waals surface area contributed by atoms with Crippen LogP contribution in [0.15, 0.2) is 65.3 Å².